The summed E-state index contributed by atoms with van der Waals surface area (Å²) in [4.78, 5) is 9.98. The normalized spacial score (nSPS) is 12.4. The first-order chi connectivity index (χ1) is 6.63. The minimum absolute atomic E-state index is 0.133. The molecule has 0 aliphatic heterocycles. The maximum atomic E-state index is 10.4. The molecular formula is C10H14N2O2. The first-order valence-electron chi connectivity index (χ1n) is 4.57. The average molecular weight is 194 g/mol. The standard InChI is InChI=1S/C10H14N2O2/c1-8(7-11)6-9-2-4-10(5-3-9)12(13)14/h2-5,8H,6-7,11H2,1H3/t8-/m1/s1. The van der Waals surface area contributed by atoms with Crippen molar-refractivity contribution in [3.8, 4) is 0 Å². The van der Waals surface area contributed by atoms with Gasteiger partial charge in [-0.05, 0) is 24.4 Å². The molecule has 0 aromatic heterocycles. The van der Waals surface area contributed by atoms with E-state index in [1.54, 1.807) is 12.1 Å². The van der Waals surface area contributed by atoms with Crippen LogP contribution in [-0.4, -0.2) is 11.5 Å². The molecule has 0 unspecified atom stereocenters. The van der Waals surface area contributed by atoms with E-state index in [2.05, 4.69) is 6.92 Å². The summed E-state index contributed by atoms with van der Waals surface area (Å²) in [7, 11) is 0. The quantitative estimate of drug-likeness (QED) is 0.586. The predicted molar refractivity (Wildman–Crippen MR) is 55.0 cm³/mol. The van der Waals surface area contributed by atoms with Crippen molar-refractivity contribution in [1.82, 2.24) is 0 Å². The first kappa shape index (κ1) is 10.7. The molecule has 0 saturated carbocycles. The monoisotopic (exact) mass is 194 g/mol. The van der Waals surface area contributed by atoms with Gasteiger partial charge in [-0.2, -0.15) is 0 Å². The van der Waals surface area contributed by atoms with E-state index in [-0.39, 0.29) is 5.69 Å². The molecule has 76 valence electrons. The lowest BCUT2D eigenvalue weighted by atomic mass is 10.0. The van der Waals surface area contributed by atoms with Gasteiger partial charge in [0, 0.05) is 12.1 Å². The van der Waals surface area contributed by atoms with Gasteiger partial charge in [-0.3, -0.25) is 10.1 Å². The molecule has 4 heteroatoms. The van der Waals surface area contributed by atoms with E-state index in [4.69, 9.17) is 5.73 Å². The van der Waals surface area contributed by atoms with Crippen LogP contribution in [0.15, 0.2) is 24.3 Å². The highest BCUT2D eigenvalue weighted by molar-refractivity contribution is 5.32. The third-order valence-electron chi connectivity index (χ3n) is 2.13. The zero-order valence-corrected chi connectivity index (χ0v) is 8.14. The SMILES string of the molecule is C[C@@H](CN)Cc1ccc([N+](=O)[O-])cc1. The van der Waals surface area contributed by atoms with E-state index in [0.29, 0.717) is 12.5 Å². The highest BCUT2D eigenvalue weighted by atomic mass is 16.6. The van der Waals surface area contributed by atoms with Crippen molar-refractivity contribution < 1.29 is 4.92 Å². The van der Waals surface area contributed by atoms with Crippen LogP contribution < -0.4 is 5.73 Å². The number of hydrogen-bond acceptors (Lipinski definition) is 3. The summed E-state index contributed by atoms with van der Waals surface area (Å²) in [5.41, 5.74) is 6.71. The molecule has 0 fully saturated rings. The van der Waals surface area contributed by atoms with Gasteiger partial charge in [0.05, 0.1) is 4.92 Å². The van der Waals surface area contributed by atoms with Gasteiger partial charge in [-0.25, -0.2) is 0 Å². The fourth-order valence-corrected chi connectivity index (χ4v) is 1.24. The summed E-state index contributed by atoms with van der Waals surface area (Å²) >= 11 is 0. The summed E-state index contributed by atoms with van der Waals surface area (Å²) in [6.07, 6.45) is 0.870. The Kier molecular flexibility index (Phi) is 3.59. The van der Waals surface area contributed by atoms with Gasteiger partial charge in [0.15, 0.2) is 0 Å². The molecule has 1 aromatic carbocycles. The zero-order valence-electron chi connectivity index (χ0n) is 8.14. The van der Waals surface area contributed by atoms with Gasteiger partial charge < -0.3 is 5.73 Å². The molecule has 0 amide bonds. The summed E-state index contributed by atoms with van der Waals surface area (Å²) in [5.74, 6) is 0.413. The Morgan fingerprint density at radius 2 is 2.00 bits per heavy atom. The second-order valence-corrected chi connectivity index (χ2v) is 3.47. The van der Waals surface area contributed by atoms with Crippen LogP contribution in [0.2, 0.25) is 0 Å². The van der Waals surface area contributed by atoms with Gasteiger partial charge >= 0.3 is 0 Å². The predicted octanol–water partition coefficient (Wildman–Crippen LogP) is 1.73. The Hall–Kier alpha value is -1.42. The van der Waals surface area contributed by atoms with E-state index >= 15 is 0 Å². The number of nitro benzene ring substituents is 1. The van der Waals surface area contributed by atoms with E-state index in [1.165, 1.54) is 12.1 Å². The lowest BCUT2D eigenvalue weighted by Crippen LogP contribution is -2.12. The van der Waals surface area contributed by atoms with Crippen LogP contribution in [0.5, 0.6) is 0 Å². The second kappa shape index (κ2) is 4.72. The Morgan fingerprint density at radius 1 is 1.43 bits per heavy atom. The molecule has 0 saturated heterocycles. The van der Waals surface area contributed by atoms with Crippen molar-refractivity contribution in [3.05, 3.63) is 39.9 Å². The van der Waals surface area contributed by atoms with Gasteiger partial charge in [0.25, 0.3) is 5.69 Å². The van der Waals surface area contributed by atoms with E-state index in [1.807, 2.05) is 0 Å². The lowest BCUT2D eigenvalue weighted by Gasteiger charge is -2.07. The molecule has 0 aliphatic rings. The van der Waals surface area contributed by atoms with Crippen molar-refractivity contribution in [2.75, 3.05) is 6.54 Å². The van der Waals surface area contributed by atoms with Gasteiger partial charge in [0.1, 0.15) is 0 Å². The van der Waals surface area contributed by atoms with Crippen molar-refractivity contribution in [1.29, 1.82) is 0 Å². The number of nitrogens with zero attached hydrogens (tertiary/aromatic N) is 1. The minimum Gasteiger partial charge on any atom is -0.330 e. The summed E-state index contributed by atoms with van der Waals surface area (Å²) < 4.78 is 0. The Morgan fingerprint density at radius 3 is 2.43 bits per heavy atom. The average Bonchev–Trinajstić information content (AvgIpc) is 2.18. The summed E-state index contributed by atoms with van der Waals surface area (Å²) in [6.45, 7) is 2.69. The number of hydrogen-bond donors (Lipinski definition) is 1. The number of rotatable bonds is 4. The molecule has 0 radical (unpaired) electrons. The first-order valence-corrected chi connectivity index (χ1v) is 4.57. The maximum absolute atomic E-state index is 10.4. The molecule has 1 aromatic rings. The van der Waals surface area contributed by atoms with Crippen molar-refractivity contribution in [2.24, 2.45) is 11.7 Å². The zero-order chi connectivity index (χ0) is 10.6. The Balaban J connectivity index is 2.68. The largest absolute Gasteiger partial charge is 0.330 e. The Labute approximate surface area is 82.9 Å². The van der Waals surface area contributed by atoms with Crippen LogP contribution >= 0.6 is 0 Å². The highest BCUT2D eigenvalue weighted by Crippen LogP contribution is 2.14. The number of nitro groups is 1. The fraction of sp³-hybridized carbons (Fsp3) is 0.400. The van der Waals surface area contributed by atoms with Gasteiger partial charge in [-0.15, -0.1) is 0 Å². The number of benzene rings is 1. The van der Waals surface area contributed by atoms with E-state index < -0.39 is 4.92 Å². The second-order valence-electron chi connectivity index (χ2n) is 3.47. The highest BCUT2D eigenvalue weighted by Gasteiger charge is 2.05. The third-order valence-corrected chi connectivity index (χ3v) is 2.13. The molecule has 0 spiro atoms. The number of nitrogens with two attached hydrogens (primary N) is 1. The van der Waals surface area contributed by atoms with E-state index in [0.717, 1.165) is 12.0 Å². The molecule has 1 atom stereocenters. The Bertz CT molecular complexity index is 308. The molecular weight excluding hydrogens is 180 g/mol. The van der Waals surface area contributed by atoms with Crippen LogP contribution in [0.3, 0.4) is 0 Å². The molecule has 4 nitrogen and oxygen atoms in total. The lowest BCUT2D eigenvalue weighted by molar-refractivity contribution is -0.384. The van der Waals surface area contributed by atoms with Crippen LogP contribution in [0.1, 0.15) is 12.5 Å². The molecule has 2 N–H and O–H groups in total. The number of non-ortho nitro benzene ring substituents is 1. The molecule has 0 bridgehead atoms. The molecule has 0 heterocycles. The third kappa shape index (κ3) is 2.81. The van der Waals surface area contributed by atoms with Crippen molar-refractivity contribution >= 4 is 5.69 Å². The molecule has 0 aliphatic carbocycles. The van der Waals surface area contributed by atoms with Crippen molar-refractivity contribution in [2.45, 2.75) is 13.3 Å². The minimum atomic E-state index is -0.393. The smallest absolute Gasteiger partial charge is 0.269 e. The fourth-order valence-electron chi connectivity index (χ4n) is 1.24. The van der Waals surface area contributed by atoms with Gasteiger partial charge in [0.2, 0.25) is 0 Å². The summed E-state index contributed by atoms with van der Waals surface area (Å²) in [6, 6.07) is 6.62. The van der Waals surface area contributed by atoms with Crippen LogP contribution in [0.4, 0.5) is 5.69 Å². The van der Waals surface area contributed by atoms with Crippen LogP contribution in [0.25, 0.3) is 0 Å². The van der Waals surface area contributed by atoms with Gasteiger partial charge in [-0.1, -0.05) is 19.1 Å². The molecule has 1 rings (SSSR count). The topological polar surface area (TPSA) is 69.2 Å². The van der Waals surface area contributed by atoms with Crippen LogP contribution in [-0.2, 0) is 6.42 Å². The van der Waals surface area contributed by atoms with Crippen LogP contribution in [0, 0.1) is 16.0 Å². The van der Waals surface area contributed by atoms with Crippen molar-refractivity contribution in [3.63, 3.8) is 0 Å². The summed E-state index contributed by atoms with van der Waals surface area (Å²) in [5, 5.41) is 10.4. The maximum Gasteiger partial charge on any atom is 0.269 e. The molecule has 14 heavy (non-hydrogen) atoms. The van der Waals surface area contributed by atoms with E-state index in [9.17, 15) is 10.1 Å².